The van der Waals surface area contributed by atoms with Crippen molar-refractivity contribution < 1.29 is 13.2 Å². The van der Waals surface area contributed by atoms with Gasteiger partial charge in [0, 0.05) is 17.8 Å². The number of rotatable bonds is 3. The molecule has 6 heteroatoms. The first kappa shape index (κ1) is 12.4. The predicted molar refractivity (Wildman–Crippen MR) is 56.6 cm³/mol. The molecule has 0 amide bonds. The molecule has 0 aromatic heterocycles. The zero-order chi connectivity index (χ0) is 12.3. The summed E-state index contributed by atoms with van der Waals surface area (Å²) >= 11 is 0. The van der Waals surface area contributed by atoms with E-state index in [0.29, 0.717) is 12.2 Å². The number of hydrogen-bond acceptors (Lipinski definition) is 2. The van der Waals surface area contributed by atoms with Crippen LogP contribution < -0.4 is 11.1 Å². The number of anilines is 1. The predicted octanol–water partition coefficient (Wildman–Crippen LogP) is 2.42. The van der Waals surface area contributed by atoms with Gasteiger partial charge < -0.3 is 11.1 Å². The topological polar surface area (TPSA) is 61.9 Å². The molecule has 4 N–H and O–H groups in total. The second kappa shape index (κ2) is 4.42. The molecule has 0 fully saturated rings. The van der Waals surface area contributed by atoms with E-state index in [4.69, 9.17) is 11.1 Å². The van der Waals surface area contributed by atoms with Gasteiger partial charge in [0.25, 0.3) is 0 Å². The Morgan fingerprint density at radius 1 is 1.44 bits per heavy atom. The average molecular weight is 231 g/mol. The maximum absolute atomic E-state index is 12.6. The first-order valence-corrected chi connectivity index (χ1v) is 4.65. The molecule has 0 saturated carbocycles. The van der Waals surface area contributed by atoms with Gasteiger partial charge in [0.05, 0.1) is 5.56 Å². The summed E-state index contributed by atoms with van der Waals surface area (Å²) in [6, 6.07) is 3.47. The number of nitrogens with two attached hydrogens (primary N) is 1. The fraction of sp³-hybridized carbons (Fsp3) is 0.300. The highest BCUT2D eigenvalue weighted by molar-refractivity contribution is 5.97. The first-order chi connectivity index (χ1) is 7.36. The number of nitrogens with one attached hydrogen (secondary N) is 2. The van der Waals surface area contributed by atoms with Crippen molar-refractivity contribution in [1.29, 1.82) is 5.41 Å². The quantitative estimate of drug-likeness (QED) is 0.552. The Hall–Kier alpha value is -1.72. The van der Waals surface area contributed by atoms with E-state index in [0.717, 1.165) is 6.07 Å². The minimum absolute atomic E-state index is 0.300. The van der Waals surface area contributed by atoms with Crippen LogP contribution in [0.25, 0.3) is 0 Å². The molecule has 0 bridgehead atoms. The van der Waals surface area contributed by atoms with Crippen LogP contribution in [0, 0.1) is 5.41 Å². The lowest BCUT2D eigenvalue weighted by Crippen LogP contribution is -2.19. The highest BCUT2D eigenvalue weighted by atomic mass is 19.4. The van der Waals surface area contributed by atoms with Crippen LogP contribution in [-0.2, 0) is 6.18 Å². The van der Waals surface area contributed by atoms with Gasteiger partial charge in [-0.1, -0.05) is 0 Å². The molecule has 0 heterocycles. The summed E-state index contributed by atoms with van der Waals surface area (Å²) in [5.41, 5.74) is 4.46. The van der Waals surface area contributed by atoms with Crippen LogP contribution in [0.15, 0.2) is 18.2 Å². The van der Waals surface area contributed by atoms with E-state index >= 15 is 0 Å². The SMILES string of the molecule is CCNc1ccc(C(F)(F)F)c(C(=N)N)c1. The molecule has 0 radical (unpaired) electrons. The molecule has 0 aliphatic carbocycles. The summed E-state index contributed by atoms with van der Waals surface area (Å²) in [6.45, 7) is 2.41. The van der Waals surface area contributed by atoms with E-state index < -0.39 is 17.6 Å². The minimum Gasteiger partial charge on any atom is -0.385 e. The van der Waals surface area contributed by atoms with Crippen LogP contribution in [0.2, 0.25) is 0 Å². The number of alkyl halides is 3. The number of hydrogen-bond donors (Lipinski definition) is 3. The van der Waals surface area contributed by atoms with Gasteiger partial charge in [-0.05, 0) is 25.1 Å². The highest BCUT2D eigenvalue weighted by Crippen LogP contribution is 2.33. The van der Waals surface area contributed by atoms with Crippen molar-refractivity contribution >= 4 is 11.5 Å². The summed E-state index contributed by atoms with van der Waals surface area (Å²) in [7, 11) is 0. The van der Waals surface area contributed by atoms with Gasteiger partial charge in [-0.3, -0.25) is 5.41 Å². The Kier molecular flexibility index (Phi) is 3.41. The fourth-order valence-electron chi connectivity index (χ4n) is 1.33. The van der Waals surface area contributed by atoms with E-state index in [1.807, 2.05) is 6.92 Å². The molecule has 3 nitrogen and oxygen atoms in total. The molecule has 16 heavy (non-hydrogen) atoms. The smallest absolute Gasteiger partial charge is 0.385 e. The zero-order valence-corrected chi connectivity index (χ0v) is 8.65. The van der Waals surface area contributed by atoms with Gasteiger partial charge in [0.15, 0.2) is 0 Å². The van der Waals surface area contributed by atoms with E-state index in [2.05, 4.69) is 5.32 Å². The first-order valence-electron chi connectivity index (χ1n) is 4.65. The number of amidine groups is 1. The van der Waals surface area contributed by atoms with Crippen molar-refractivity contribution in [3.05, 3.63) is 29.3 Å². The van der Waals surface area contributed by atoms with Crippen LogP contribution in [0.3, 0.4) is 0 Å². The van der Waals surface area contributed by atoms with Crippen molar-refractivity contribution in [2.75, 3.05) is 11.9 Å². The van der Waals surface area contributed by atoms with Gasteiger partial charge in [-0.15, -0.1) is 0 Å². The second-order valence-corrected chi connectivity index (χ2v) is 3.20. The molecule has 1 rings (SSSR count). The molecular formula is C10H12F3N3. The van der Waals surface area contributed by atoms with Crippen LogP contribution in [0.1, 0.15) is 18.1 Å². The molecule has 0 atom stereocenters. The van der Waals surface area contributed by atoms with Crippen molar-refractivity contribution in [3.8, 4) is 0 Å². The third kappa shape index (κ3) is 2.65. The van der Waals surface area contributed by atoms with Crippen LogP contribution in [0.5, 0.6) is 0 Å². The molecule has 1 aromatic rings. The third-order valence-corrected chi connectivity index (χ3v) is 2.00. The normalized spacial score (nSPS) is 11.2. The summed E-state index contributed by atoms with van der Waals surface area (Å²) in [5.74, 6) is -0.591. The van der Waals surface area contributed by atoms with Gasteiger partial charge in [0.1, 0.15) is 5.84 Å². The number of benzene rings is 1. The van der Waals surface area contributed by atoms with E-state index in [1.54, 1.807) is 0 Å². The summed E-state index contributed by atoms with van der Waals surface area (Å²) in [6.07, 6.45) is -4.49. The average Bonchev–Trinajstić information content (AvgIpc) is 2.16. The maximum Gasteiger partial charge on any atom is 0.417 e. The number of nitrogen functional groups attached to an aromatic ring is 1. The molecule has 0 unspecified atom stereocenters. The molecule has 1 aromatic carbocycles. The minimum atomic E-state index is -4.49. The number of halogens is 3. The van der Waals surface area contributed by atoms with Gasteiger partial charge in [-0.25, -0.2) is 0 Å². The molecule has 0 saturated heterocycles. The molecular weight excluding hydrogens is 219 g/mol. The Morgan fingerprint density at radius 2 is 2.06 bits per heavy atom. The summed E-state index contributed by atoms with van der Waals surface area (Å²) in [5, 5.41) is 10.00. The zero-order valence-electron chi connectivity index (χ0n) is 8.65. The fourth-order valence-corrected chi connectivity index (χ4v) is 1.33. The Balaban J connectivity index is 3.25. The molecule has 0 spiro atoms. The third-order valence-electron chi connectivity index (χ3n) is 2.00. The molecule has 0 aliphatic rings. The molecule has 88 valence electrons. The van der Waals surface area contributed by atoms with E-state index in [1.165, 1.54) is 12.1 Å². The summed E-state index contributed by atoms with van der Waals surface area (Å²) in [4.78, 5) is 0. The monoisotopic (exact) mass is 231 g/mol. The van der Waals surface area contributed by atoms with Gasteiger partial charge in [0.2, 0.25) is 0 Å². The van der Waals surface area contributed by atoms with Crippen LogP contribution in [0.4, 0.5) is 18.9 Å². The van der Waals surface area contributed by atoms with Gasteiger partial charge >= 0.3 is 6.18 Å². The van der Waals surface area contributed by atoms with E-state index in [9.17, 15) is 13.2 Å². The van der Waals surface area contributed by atoms with Crippen molar-refractivity contribution in [1.82, 2.24) is 0 Å². The highest BCUT2D eigenvalue weighted by Gasteiger charge is 2.34. The molecule has 0 aliphatic heterocycles. The lowest BCUT2D eigenvalue weighted by molar-refractivity contribution is -0.137. The Bertz CT molecular complexity index is 399. The summed E-state index contributed by atoms with van der Waals surface area (Å²) < 4.78 is 37.7. The Morgan fingerprint density at radius 3 is 2.50 bits per heavy atom. The van der Waals surface area contributed by atoms with Crippen LogP contribution in [-0.4, -0.2) is 12.4 Å². The Labute approximate surface area is 91.0 Å². The standard InChI is InChI=1S/C10H12F3N3/c1-2-16-6-3-4-8(10(11,12)13)7(5-6)9(14)15/h3-5,16H,2H2,1H3,(H3,14,15). The van der Waals surface area contributed by atoms with Crippen molar-refractivity contribution in [2.45, 2.75) is 13.1 Å². The van der Waals surface area contributed by atoms with Crippen molar-refractivity contribution in [3.63, 3.8) is 0 Å². The largest absolute Gasteiger partial charge is 0.417 e. The van der Waals surface area contributed by atoms with Crippen LogP contribution >= 0.6 is 0 Å². The van der Waals surface area contributed by atoms with Crippen molar-refractivity contribution in [2.24, 2.45) is 5.73 Å². The maximum atomic E-state index is 12.6. The lowest BCUT2D eigenvalue weighted by atomic mass is 10.1. The lowest BCUT2D eigenvalue weighted by Gasteiger charge is -2.13. The van der Waals surface area contributed by atoms with Gasteiger partial charge in [-0.2, -0.15) is 13.2 Å². The van der Waals surface area contributed by atoms with E-state index in [-0.39, 0.29) is 5.56 Å². The second-order valence-electron chi connectivity index (χ2n) is 3.20.